The molecule has 0 aliphatic heterocycles. The maximum Gasteiger partial charge on any atom is 0.266 e. The Bertz CT molecular complexity index is 1420. The number of nitriles is 1. The molecule has 0 aliphatic rings. The van der Waals surface area contributed by atoms with Crippen molar-refractivity contribution in [3.05, 3.63) is 95.1 Å². The van der Waals surface area contributed by atoms with E-state index in [9.17, 15) is 14.9 Å². The summed E-state index contributed by atoms with van der Waals surface area (Å²) in [6.07, 6.45) is 4.89. The highest BCUT2D eigenvalue weighted by atomic mass is 16.3. The van der Waals surface area contributed by atoms with Gasteiger partial charge in [-0.05, 0) is 49.8 Å². The minimum Gasteiger partial charge on any atom is -0.467 e. The summed E-state index contributed by atoms with van der Waals surface area (Å²) in [7, 11) is 0. The minimum atomic E-state index is -0.484. The number of hydrogen-bond acceptors (Lipinski definition) is 4. The summed E-state index contributed by atoms with van der Waals surface area (Å²) in [5, 5.41) is 16.2. The van der Waals surface area contributed by atoms with E-state index in [1.165, 1.54) is 0 Å². The molecular formula is C27H24N4O3. The summed E-state index contributed by atoms with van der Waals surface area (Å²) in [6, 6.07) is 18.8. The van der Waals surface area contributed by atoms with Crippen molar-refractivity contribution in [3.63, 3.8) is 0 Å². The highest BCUT2D eigenvalue weighted by Crippen LogP contribution is 2.24. The molecule has 0 aliphatic carbocycles. The van der Waals surface area contributed by atoms with Crippen LogP contribution in [0.15, 0.2) is 77.0 Å². The molecule has 4 rings (SSSR count). The van der Waals surface area contributed by atoms with Crippen LogP contribution in [0.5, 0.6) is 0 Å². The van der Waals surface area contributed by atoms with Gasteiger partial charge in [0, 0.05) is 28.4 Å². The number of aromatic nitrogens is 1. The van der Waals surface area contributed by atoms with Crippen LogP contribution in [0.25, 0.3) is 17.0 Å². The van der Waals surface area contributed by atoms with E-state index in [2.05, 4.69) is 10.6 Å². The normalized spacial score (nSPS) is 11.3. The van der Waals surface area contributed by atoms with Gasteiger partial charge in [0.25, 0.3) is 5.91 Å². The van der Waals surface area contributed by atoms with E-state index in [4.69, 9.17) is 4.42 Å². The number of para-hydroxylation sites is 1. The van der Waals surface area contributed by atoms with Crippen LogP contribution >= 0.6 is 0 Å². The Kier molecular flexibility index (Phi) is 6.60. The average Bonchev–Trinajstić information content (AvgIpc) is 3.46. The lowest BCUT2D eigenvalue weighted by Crippen LogP contribution is -2.26. The Morgan fingerprint density at radius 2 is 1.94 bits per heavy atom. The number of carbonyl (C=O) groups is 2. The van der Waals surface area contributed by atoms with Crippen LogP contribution < -0.4 is 10.6 Å². The van der Waals surface area contributed by atoms with E-state index in [0.29, 0.717) is 23.6 Å². The summed E-state index contributed by atoms with van der Waals surface area (Å²) in [4.78, 5) is 25.3. The third-order valence-electron chi connectivity index (χ3n) is 5.47. The third kappa shape index (κ3) is 5.08. The smallest absolute Gasteiger partial charge is 0.266 e. The lowest BCUT2D eigenvalue weighted by Gasteiger charge is -2.08. The lowest BCUT2D eigenvalue weighted by atomic mass is 10.1. The first-order chi connectivity index (χ1) is 16.4. The highest BCUT2D eigenvalue weighted by molar-refractivity contribution is 6.11. The summed E-state index contributed by atoms with van der Waals surface area (Å²) >= 11 is 0. The van der Waals surface area contributed by atoms with Crippen LogP contribution in [-0.4, -0.2) is 16.4 Å². The molecule has 0 bridgehead atoms. The number of nitrogens with one attached hydrogen (secondary N) is 2. The third-order valence-corrected chi connectivity index (χ3v) is 5.47. The lowest BCUT2D eigenvalue weighted by molar-refractivity contribution is -0.121. The SMILES string of the molecule is Cc1ccc(NC(=O)/C(C#N)=C/c2cn(CC(=O)NCc3ccco3)c3ccccc23)c(C)c1. The molecule has 2 aromatic carbocycles. The first-order valence-corrected chi connectivity index (χ1v) is 10.8. The zero-order chi connectivity index (χ0) is 24.1. The fraction of sp³-hybridized carbons (Fsp3) is 0.148. The molecular weight excluding hydrogens is 428 g/mol. The molecule has 0 saturated heterocycles. The van der Waals surface area contributed by atoms with Crippen molar-refractivity contribution in [1.82, 2.24) is 9.88 Å². The van der Waals surface area contributed by atoms with Crippen LogP contribution in [0, 0.1) is 25.2 Å². The molecule has 2 N–H and O–H groups in total. The molecule has 0 spiro atoms. The number of hydrogen-bond donors (Lipinski definition) is 2. The quantitative estimate of drug-likeness (QED) is 0.313. The Hall–Kier alpha value is -4.57. The number of anilines is 1. The summed E-state index contributed by atoms with van der Waals surface area (Å²) in [5.74, 6) is 0.00563. The van der Waals surface area contributed by atoms with Crippen molar-refractivity contribution in [1.29, 1.82) is 5.26 Å². The topological polar surface area (TPSA) is 100 Å². The van der Waals surface area contributed by atoms with Gasteiger partial charge in [-0.25, -0.2) is 0 Å². The van der Waals surface area contributed by atoms with Gasteiger partial charge in [0.05, 0.1) is 12.8 Å². The van der Waals surface area contributed by atoms with Gasteiger partial charge >= 0.3 is 0 Å². The van der Waals surface area contributed by atoms with Gasteiger partial charge in [0.15, 0.2) is 0 Å². The highest BCUT2D eigenvalue weighted by Gasteiger charge is 2.15. The molecule has 2 heterocycles. The van der Waals surface area contributed by atoms with Crippen molar-refractivity contribution >= 4 is 34.5 Å². The summed E-state index contributed by atoms with van der Waals surface area (Å²) < 4.78 is 7.05. The molecule has 7 heteroatoms. The number of carbonyl (C=O) groups excluding carboxylic acids is 2. The van der Waals surface area contributed by atoms with Crippen LogP contribution in [0.3, 0.4) is 0 Å². The Labute approximate surface area is 197 Å². The van der Waals surface area contributed by atoms with Crippen molar-refractivity contribution in [2.24, 2.45) is 0 Å². The number of amides is 2. The first-order valence-electron chi connectivity index (χ1n) is 10.8. The molecule has 34 heavy (non-hydrogen) atoms. The van der Waals surface area contributed by atoms with Crippen molar-refractivity contribution < 1.29 is 14.0 Å². The second kappa shape index (κ2) is 9.92. The van der Waals surface area contributed by atoms with Gasteiger partial charge in [-0.2, -0.15) is 5.26 Å². The van der Waals surface area contributed by atoms with Gasteiger partial charge in [0.2, 0.25) is 5.91 Å². The second-order valence-corrected chi connectivity index (χ2v) is 8.03. The molecule has 0 unspecified atom stereocenters. The van der Waals surface area contributed by atoms with Gasteiger partial charge in [0.1, 0.15) is 23.9 Å². The standard InChI is InChI=1S/C27H24N4O3/c1-18-9-10-24(19(2)12-18)30-27(33)20(14-28)13-21-16-31(25-8-4-3-7-23(21)25)17-26(32)29-15-22-6-5-11-34-22/h3-13,16H,15,17H2,1-2H3,(H,29,32)(H,30,33)/b20-13+. The molecule has 4 aromatic rings. The van der Waals surface area contributed by atoms with Gasteiger partial charge in [-0.3, -0.25) is 9.59 Å². The number of rotatable bonds is 7. The van der Waals surface area contributed by atoms with Gasteiger partial charge < -0.3 is 19.6 Å². The Morgan fingerprint density at radius 1 is 1.12 bits per heavy atom. The van der Waals surface area contributed by atoms with E-state index in [1.54, 1.807) is 35.2 Å². The molecule has 0 atom stereocenters. The first kappa shape index (κ1) is 22.6. The number of fused-ring (bicyclic) bond motifs is 1. The maximum atomic E-state index is 12.8. The molecule has 2 amide bonds. The predicted octanol–water partition coefficient (Wildman–Crippen LogP) is 4.71. The monoisotopic (exact) mass is 452 g/mol. The van der Waals surface area contributed by atoms with E-state index < -0.39 is 5.91 Å². The molecule has 2 aromatic heterocycles. The van der Waals surface area contributed by atoms with Crippen LogP contribution in [0.2, 0.25) is 0 Å². The molecule has 7 nitrogen and oxygen atoms in total. The van der Waals surface area contributed by atoms with Crippen LogP contribution in [0.1, 0.15) is 22.5 Å². The number of benzene rings is 2. The molecule has 170 valence electrons. The molecule has 0 saturated carbocycles. The fourth-order valence-electron chi connectivity index (χ4n) is 3.78. The second-order valence-electron chi connectivity index (χ2n) is 8.03. The van der Waals surface area contributed by atoms with Crippen LogP contribution in [-0.2, 0) is 22.7 Å². The van der Waals surface area contributed by atoms with Crippen molar-refractivity contribution in [3.8, 4) is 6.07 Å². The Balaban J connectivity index is 1.57. The van der Waals surface area contributed by atoms with Gasteiger partial charge in [-0.1, -0.05) is 35.9 Å². The molecule has 0 fully saturated rings. The minimum absolute atomic E-state index is 0.0230. The predicted molar refractivity (Wildman–Crippen MR) is 131 cm³/mol. The number of aryl methyl sites for hydroxylation is 2. The van der Waals surface area contributed by atoms with E-state index in [0.717, 1.165) is 22.0 Å². The van der Waals surface area contributed by atoms with E-state index in [1.807, 2.05) is 62.4 Å². The van der Waals surface area contributed by atoms with E-state index in [-0.39, 0.29) is 18.0 Å². The average molecular weight is 453 g/mol. The van der Waals surface area contributed by atoms with Crippen LogP contribution in [0.4, 0.5) is 5.69 Å². The number of furan rings is 1. The van der Waals surface area contributed by atoms with Crippen molar-refractivity contribution in [2.45, 2.75) is 26.9 Å². The molecule has 0 radical (unpaired) electrons. The van der Waals surface area contributed by atoms with Gasteiger partial charge in [-0.15, -0.1) is 0 Å². The largest absolute Gasteiger partial charge is 0.467 e. The van der Waals surface area contributed by atoms with Crippen molar-refractivity contribution in [2.75, 3.05) is 5.32 Å². The van der Waals surface area contributed by atoms with E-state index >= 15 is 0 Å². The maximum absolute atomic E-state index is 12.8. The summed E-state index contributed by atoms with van der Waals surface area (Å²) in [5.41, 5.74) is 4.16. The number of nitrogens with zero attached hydrogens (tertiary/aromatic N) is 2. The summed E-state index contributed by atoms with van der Waals surface area (Å²) in [6.45, 7) is 4.27. The fourth-order valence-corrected chi connectivity index (χ4v) is 3.78. The zero-order valence-electron chi connectivity index (χ0n) is 19.0. The Morgan fingerprint density at radius 3 is 2.68 bits per heavy atom. The zero-order valence-corrected chi connectivity index (χ0v) is 19.0.